The lowest BCUT2D eigenvalue weighted by Crippen LogP contribution is -2.59. The Balaban J connectivity index is 5.26. The van der Waals surface area contributed by atoms with Crippen molar-refractivity contribution in [2.45, 2.75) is 76.2 Å². The fourth-order valence-corrected chi connectivity index (χ4v) is 2.75. The van der Waals surface area contributed by atoms with Crippen LogP contribution in [-0.2, 0) is 19.2 Å². The molecule has 0 saturated carbocycles. The minimum absolute atomic E-state index is 0.0183. The first kappa shape index (κ1) is 30.0. The van der Waals surface area contributed by atoms with E-state index in [4.69, 9.17) is 22.9 Å². The van der Waals surface area contributed by atoms with Gasteiger partial charge in [0, 0.05) is 6.54 Å². The number of hydrogen-bond acceptors (Lipinski definition) is 8. The molecule has 0 aliphatic rings. The Labute approximate surface area is 192 Å². The van der Waals surface area contributed by atoms with Gasteiger partial charge >= 0.3 is 5.97 Å². The van der Waals surface area contributed by atoms with Crippen molar-refractivity contribution in [2.75, 3.05) is 13.1 Å². The lowest BCUT2D eigenvalue weighted by Gasteiger charge is -2.26. The molecule has 0 spiro atoms. The molecule has 5 atom stereocenters. The van der Waals surface area contributed by atoms with E-state index in [9.17, 15) is 29.4 Å². The Kier molecular flexibility index (Phi) is 14.4. The minimum atomic E-state index is -1.46. The van der Waals surface area contributed by atoms with Crippen LogP contribution in [0.15, 0.2) is 4.99 Å². The maximum absolute atomic E-state index is 12.8. The third-order valence-corrected chi connectivity index (χ3v) is 4.62. The Morgan fingerprint density at radius 1 is 0.879 bits per heavy atom. The number of carboxylic acids is 1. The lowest BCUT2D eigenvalue weighted by atomic mass is 10.1. The van der Waals surface area contributed by atoms with Gasteiger partial charge in [0.15, 0.2) is 5.96 Å². The second kappa shape index (κ2) is 15.8. The van der Waals surface area contributed by atoms with Crippen molar-refractivity contribution < 1.29 is 29.4 Å². The summed E-state index contributed by atoms with van der Waals surface area (Å²) in [6.45, 7) is 3.29. The van der Waals surface area contributed by atoms with E-state index < -0.39 is 54.0 Å². The second-order valence-corrected chi connectivity index (χ2v) is 7.71. The molecule has 0 heterocycles. The molecular formula is C19H38N8O6. The number of amides is 3. The van der Waals surface area contributed by atoms with Gasteiger partial charge in [-0.15, -0.1) is 0 Å². The molecule has 190 valence electrons. The van der Waals surface area contributed by atoms with Crippen molar-refractivity contribution in [3.8, 4) is 0 Å². The third-order valence-electron chi connectivity index (χ3n) is 4.62. The SMILES string of the molecule is CC(N)C(=O)NC(CCCCN)C(=O)NC(C(=O)NC(CCCN=C(N)N)C(=O)O)C(C)O. The minimum Gasteiger partial charge on any atom is -0.480 e. The second-order valence-electron chi connectivity index (χ2n) is 7.71. The fourth-order valence-electron chi connectivity index (χ4n) is 2.75. The largest absolute Gasteiger partial charge is 0.480 e. The average Bonchev–Trinajstić information content (AvgIpc) is 2.72. The summed E-state index contributed by atoms with van der Waals surface area (Å²) in [5.41, 5.74) is 21.4. The molecule has 13 N–H and O–H groups in total. The van der Waals surface area contributed by atoms with E-state index in [-0.39, 0.29) is 31.8 Å². The number of unbranched alkanes of at least 4 members (excludes halogenated alkanes) is 1. The molecule has 0 radical (unpaired) electrons. The molecule has 0 aromatic heterocycles. The predicted octanol–water partition coefficient (Wildman–Crippen LogP) is -3.56. The van der Waals surface area contributed by atoms with Crippen LogP contribution in [0, 0.1) is 0 Å². The smallest absolute Gasteiger partial charge is 0.326 e. The quantitative estimate of drug-likeness (QED) is 0.0603. The molecule has 0 fully saturated rings. The monoisotopic (exact) mass is 474 g/mol. The van der Waals surface area contributed by atoms with E-state index >= 15 is 0 Å². The number of aliphatic imine (C=N–C) groups is 1. The summed E-state index contributed by atoms with van der Waals surface area (Å²) >= 11 is 0. The fraction of sp³-hybridized carbons (Fsp3) is 0.737. The summed E-state index contributed by atoms with van der Waals surface area (Å²) < 4.78 is 0. The van der Waals surface area contributed by atoms with Gasteiger partial charge in [-0.25, -0.2) is 4.79 Å². The molecule has 14 heteroatoms. The highest BCUT2D eigenvalue weighted by molar-refractivity contribution is 5.94. The van der Waals surface area contributed by atoms with E-state index in [2.05, 4.69) is 20.9 Å². The third kappa shape index (κ3) is 12.6. The Morgan fingerprint density at radius 3 is 1.94 bits per heavy atom. The van der Waals surface area contributed by atoms with E-state index in [0.717, 1.165) is 0 Å². The van der Waals surface area contributed by atoms with E-state index in [1.807, 2.05) is 0 Å². The lowest BCUT2D eigenvalue weighted by molar-refractivity contribution is -0.143. The maximum atomic E-state index is 12.8. The van der Waals surface area contributed by atoms with Crippen LogP contribution in [0.1, 0.15) is 46.0 Å². The van der Waals surface area contributed by atoms with Gasteiger partial charge in [0.2, 0.25) is 17.7 Å². The van der Waals surface area contributed by atoms with Gasteiger partial charge in [-0.2, -0.15) is 0 Å². The van der Waals surface area contributed by atoms with Gasteiger partial charge in [-0.1, -0.05) is 0 Å². The van der Waals surface area contributed by atoms with Crippen LogP contribution in [-0.4, -0.2) is 83.2 Å². The number of rotatable bonds is 16. The van der Waals surface area contributed by atoms with Gasteiger partial charge in [0.05, 0.1) is 12.1 Å². The summed E-state index contributed by atoms with van der Waals surface area (Å²) in [6.07, 6.45) is 0.309. The Hall–Kier alpha value is -2.97. The summed E-state index contributed by atoms with van der Waals surface area (Å²) in [4.78, 5) is 52.6. The highest BCUT2D eigenvalue weighted by Crippen LogP contribution is 2.05. The zero-order chi connectivity index (χ0) is 25.6. The number of nitrogens with one attached hydrogen (secondary N) is 3. The normalized spacial score (nSPS) is 15.3. The molecule has 0 aliphatic carbocycles. The first-order valence-electron chi connectivity index (χ1n) is 10.7. The number of hydrogen-bond donors (Lipinski definition) is 9. The molecule has 0 saturated heterocycles. The van der Waals surface area contributed by atoms with Gasteiger partial charge in [0.25, 0.3) is 0 Å². The maximum Gasteiger partial charge on any atom is 0.326 e. The highest BCUT2D eigenvalue weighted by atomic mass is 16.4. The first-order chi connectivity index (χ1) is 15.4. The number of aliphatic hydroxyl groups is 1. The zero-order valence-electron chi connectivity index (χ0n) is 19.1. The molecule has 14 nitrogen and oxygen atoms in total. The number of guanidine groups is 1. The standard InChI is InChI=1S/C19H38N8O6/c1-10(21)15(29)25-12(6-3-4-8-20)16(30)27-14(11(2)28)17(31)26-13(18(32)33)7-5-9-24-19(22)23/h10-14,28H,3-9,20-21H2,1-2H3,(H,25,29)(H,26,31)(H,27,30)(H,32,33)(H4,22,23,24). The van der Waals surface area contributed by atoms with Crippen molar-refractivity contribution in [2.24, 2.45) is 27.9 Å². The van der Waals surface area contributed by atoms with Crippen molar-refractivity contribution >= 4 is 29.7 Å². The molecule has 0 rings (SSSR count). The van der Waals surface area contributed by atoms with Gasteiger partial charge in [-0.05, 0) is 52.5 Å². The van der Waals surface area contributed by atoms with Crippen LogP contribution in [0.2, 0.25) is 0 Å². The van der Waals surface area contributed by atoms with Crippen LogP contribution >= 0.6 is 0 Å². The molecule has 0 bridgehead atoms. The summed E-state index contributed by atoms with van der Waals surface area (Å²) in [6, 6.07) is -4.62. The first-order valence-corrected chi connectivity index (χ1v) is 10.7. The number of carboxylic acid groups (broad SMARTS) is 1. The van der Waals surface area contributed by atoms with E-state index in [0.29, 0.717) is 19.4 Å². The summed E-state index contributed by atoms with van der Waals surface area (Å²) in [7, 11) is 0. The van der Waals surface area contributed by atoms with Gasteiger partial charge in [0.1, 0.15) is 18.1 Å². The van der Waals surface area contributed by atoms with Crippen molar-refractivity contribution in [1.29, 1.82) is 0 Å². The van der Waals surface area contributed by atoms with Crippen LogP contribution in [0.3, 0.4) is 0 Å². The van der Waals surface area contributed by atoms with Crippen LogP contribution in [0.4, 0.5) is 0 Å². The number of nitrogens with zero attached hydrogens (tertiary/aromatic N) is 1. The number of nitrogens with two attached hydrogens (primary N) is 4. The molecule has 3 amide bonds. The Bertz CT molecular complexity index is 681. The topological polar surface area (TPSA) is 261 Å². The average molecular weight is 475 g/mol. The van der Waals surface area contributed by atoms with Gasteiger partial charge < -0.3 is 49.1 Å². The number of carbonyl (C=O) groups is 4. The van der Waals surface area contributed by atoms with E-state index in [1.165, 1.54) is 13.8 Å². The molecule has 0 aromatic rings. The number of carbonyl (C=O) groups excluding carboxylic acids is 3. The van der Waals surface area contributed by atoms with Crippen LogP contribution < -0.4 is 38.9 Å². The molecular weight excluding hydrogens is 436 g/mol. The highest BCUT2D eigenvalue weighted by Gasteiger charge is 2.32. The molecule has 5 unspecified atom stereocenters. The zero-order valence-corrected chi connectivity index (χ0v) is 19.1. The van der Waals surface area contributed by atoms with Crippen molar-refractivity contribution in [3.63, 3.8) is 0 Å². The predicted molar refractivity (Wildman–Crippen MR) is 122 cm³/mol. The summed E-state index contributed by atoms with van der Waals surface area (Å²) in [5.74, 6) is -3.62. The van der Waals surface area contributed by atoms with Crippen LogP contribution in [0.25, 0.3) is 0 Å². The van der Waals surface area contributed by atoms with Crippen molar-refractivity contribution in [3.05, 3.63) is 0 Å². The van der Waals surface area contributed by atoms with Gasteiger partial charge in [-0.3, -0.25) is 19.4 Å². The van der Waals surface area contributed by atoms with Crippen molar-refractivity contribution in [1.82, 2.24) is 16.0 Å². The van der Waals surface area contributed by atoms with E-state index in [1.54, 1.807) is 0 Å². The summed E-state index contributed by atoms with van der Waals surface area (Å²) in [5, 5.41) is 26.6. The molecule has 0 aliphatic heterocycles. The Morgan fingerprint density at radius 2 is 1.45 bits per heavy atom. The molecule has 0 aromatic carbocycles. The number of aliphatic carboxylic acids is 1. The molecule has 33 heavy (non-hydrogen) atoms. The number of aliphatic hydroxyl groups excluding tert-OH is 1. The van der Waals surface area contributed by atoms with Crippen LogP contribution in [0.5, 0.6) is 0 Å².